The van der Waals surface area contributed by atoms with E-state index in [1.165, 1.54) is 24.1 Å². The Balaban J connectivity index is 1.86. The topological polar surface area (TPSA) is 87.1 Å². The Morgan fingerprint density at radius 1 is 1.32 bits per heavy atom. The van der Waals surface area contributed by atoms with Crippen LogP contribution in [0.25, 0.3) is 0 Å². The van der Waals surface area contributed by atoms with Gasteiger partial charge in [-0.1, -0.05) is 12.1 Å². The number of carbonyl (C=O) groups is 3. The smallest absolute Gasteiger partial charge is 0.313 e. The maximum atomic E-state index is 13.3. The van der Waals surface area contributed by atoms with E-state index in [4.69, 9.17) is 4.74 Å². The molecule has 3 unspecified atom stereocenters. The lowest BCUT2D eigenvalue weighted by Gasteiger charge is -2.41. The van der Waals surface area contributed by atoms with Gasteiger partial charge in [-0.15, -0.1) is 0 Å². The number of nitrogens with zero attached hydrogens (tertiary/aromatic N) is 2. The Morgan fingerprint density at radius 2 is 2.00 bits per heavy atom. The van der Waals surface area contributed by atoms with Gasteiger partial charge in [0.1, 0.15) is 11.2 Å². The van der Waals surface area contributed by atoms with Crippen molar-refractivity contribution in [2.75, 3.05) is 33.9 Å². The summed E-state index contributed by atoms with van der Waals surface area (Å²) in [5, 5.41) is 9.71. The number of hydrogen-bond donors (Lipinski definition) is 1. The van der Waals surface area contributed by atoms with Gasteiger partial charge in [-0.25, -0.2) is 4.39 Å². The minimum absolute atomic E-state index is 0.0248. The summed E-state index contributed by atoms with van der Waals surface area (Å²) in [6, 6.07) is 5.28. The van der Waals surface area contributed by atoms with Crippen molar-refractivity contribution in [3.63, 3.8) is 0 Å². The molecule has 28 heavy (non-hydrogen) atoms. The molecule has 0 aromatic heterocycles. The van der Waals surface area contributed by atoms with Crippen molar-refractivity contribution in [3.8, 4) is 0 Å². The van der Waals surface area contributed by atoms with Gasteiger partial charge in [-0.3, -0.25) is 14.4 Å². The predicted molar refractivity (Wildman–Crippen MR) is 97.8 cm³/mol. The number of likely N-dealkylation sites (tertiary alicyclic amines) is 2. The Labute approximate surface area is 163 Å². The second-order valence-corrected chi connectivity index (χ2v) is 7.69. The monoisotopic (exact) mass is 392 g/mol. The zero-order valence-electron chi connectivity index (χ0n) is 16.1. The Morgan fingerprint density at radius 3 is 2.61 bits per heavy atom. The van der Waals surface area contributed by atoms with Crippen molar-refractivity contribution in [1.82, 2.24) is 9.80 Å². The molecule has 0 saturated carbocycles. The molecule has 7 nitrogen and oxygen atoms in total. The lowest BCUT2D eigenvalue weighted by atomic mass is 9.80. The normalized spacial score (nSPS) is 27.9. The molecule has 2 saturated heterocycles. The molecule has 8 heteroatoms. The van der Waals surface area contributed by atoms with Crippen molar-refractivity contribution in [2.24, 2.45) is 11.3 Å². The quantitative estimate of drug-likeness (QED) is 0.824. The second-order valence-electron chi connectivity index (χ2n) is 7.69. The second kappa shape index (κ2) is 7.87. The summed E-state index contributed by atoms with van der Waals surface area (Å²) in [6.07, 6.45) is 1.04. The Bertz CT molecular complexity index is 764. The van der Waals surface area contributed by atoms with E-state index in [0.29, 0.717) is 24.9 Å². The van der Waals surface area contributed by atoms with Gasteiger partial charge in [0.25, 0.3) is 0 Å². The molecule has 152 valence electrons. The average Bonchev–Trinajstić information content (AvgIpc) is 2.97. The van der Waals surface area contributed by atoms with Crippen LogP contribution in [0.4, 0.5) is 4.39 Å². The molecule has 0 aliphatic carbocycles. The fourth-order valence-corrected chi connectivity index (χ4v) is 4.39. The van der Waals surface area contributed by atoms with Crippen LogP contribution in [0.15, 0.2) is 24.3 Å². The van der Waals surface area contributed by atoms with Crippen molar-refractivity contribution in [2.45, 2.75) is 25.3 Å². The summed E-state index contributed by atoms with van der Waals surface area (Å²) < 4.78 is 18.4. The van der Waals surface area contributed by atoms with Gasteiger partial charge in [0.2, 0.25) is 11.8 Å². The van der Waals surface area contributed by atoms with Gasteiger partial charge in [0.05, 0.1) is 18.6 Å². The zero-order valence-corrected chi connectivity index (χ0v) is 16.1. The molecule has 1 aromatic carbocycles. The number of carboxylic acid groups (broad SMARTS) is 1. The molecule has 2 amide bonds. The third kappa shape index (κ3) is 3.61. The van der Waals surface area contributed by atoms with E-state index in [1.54, 1.807) is 24.1 Å². The van der Waals surface area contributed by atoms with Crippen LogP contribution in [-0.2, 0) is 19.1 Å². The standard InChI is InChI=1S/C20H25FN2O5/c1-22-16(24)10-15(17(22)13-4-6-14(21)7-5-13)18(25)23-9-3-8-20(11-23,12-28-2)19(26)27/h4-7,15,17H,3,8-12H2,1-2H3,(H,26,27). The minimum Gasteiger partial charge on any atom is -0.481 e. The highest BCUT2D eigenvalue weighted by atomic mass is 19.1. The first kappa shape index (κ1) is 20.3. The number of benzene rings is 1. The maximum absolute atomic E-state index is 13.3. The van der Waals surface area contributed by atoms with E-state index >= 15 is 0 Å². The van der Waals surface area contributed by atoms with Crippen LogP contribution in [0.3, 0.4) is 0 Å². The third-order valence-electron chi connectivity index (χ3n) is 5.88. The summed E-state index contributed by atoms with van der Waals surface area (Å²) in [4.78, 5) is 40.5. The zero-order chi connectivity index (χ0) is 20.5. The fraction of sp³-hybridized carbons (Fsp3) is 0.550. The molecule has 2 heterocycles. The maximum Gasteiger partial charge on any atom is 0.313 e. The lowest BCUT2D eigenvalue weighted by molar-refractivity contribution is -0.160. The number of amides is 2. The minimum atomic E-state index is -1.14. The SMILES string of the molecule is COCC1(C(=O)O)CCCN(C(=O)C2CC(=O)N(C)C2c2ccc(F)cc2)C1. The first-order valence-electron chi connectivity index (χ1n) is 9.31. The van der Waals surface area contributed by atoms with Crippen LogP contribution in [0, 0.1) is 17.2 Å². The Kier molecular flexibility index (Phi) is 5.69. The summed E-state index contributed by atoms with van der Waals surface area (Å²) in [6.45, 7) is 0.526. The molecule has 0 spiro atoms. The molecule has 0 radical (unpaired) electrons. The third-order valence-corrected chi connectivity index (χ3v) is 5.88. The number of rotatable bonds is 5. The van der Waals surface area contributed by atoms with Crippen LogP contribution >= 0.6 is 0 Å². The lowest BCUT2D eigenvalue weighted by Crippen LogP contribution is -2.53. The summed E-state index contributed by atoms with van der Waals surface area (Å²) in [5.74, 6) is -2.41. The van der Waals surface area contributed by atoms with Crippen LogP contribution in [0.1, 0.15) is 30.9 Å². The average molecular weight is 392 g/mol. The number of piperidine rings is 1. The van der Waals surface area contributed by atoms with Crippen molar-refractivity contribution < 1.29 is 28.6 Å². The van der Waals surface area contributed by atoms with E-state index in [-0.39, 0.29) is 37.2 Å². The van der Waals surface area contributed by atoms with E-state index in [0.717, 1.165) is 0 Å². The molecule has 3 atom stereocenters. The summed E-state index contributed by atoms with van der Waals surface area (Å²) in [7, 11) is 3.08. The van der Waals surface area contributed by atoms with E-state index in [9.17, 15) is 23.9 Å². The fourth-order valence-electron chi connectivity index (χ4n) is 4.39. The molecule has 2 aliphatic heterocycles. The highest BCUT2D eigenvalue weighted by Crippen LogP contribution is 2.40. The molecular formula is C20H25FN2O5. The van der Waals surface area contributed by atoms with Crippen molar-refractivity contribution in [1.29, 1.82) is 0 Å². The number of ether oxygens (including phenoxy) is 1. The van der Waals surface area contributed by atoms with Crippen molar-refractivity contribution in [3.05, 3.63) is 35.6 Å². The molecule has 3 rings (SSSR count). The molecule has 1 aromatic rings. The largest absolute Gasteiger partial charge is 0.481 e. The Hall–Kier alpha value is -2.48. The van der Waals surface area contributed by atoms with E-state index < -0.39 is 23.3 Å². The van der Waals surface area contributed by atoms with E-state index in [2.05, 4.69) is 0 Å². The number of halogens is 1. The molecule has 1 N–H and O–H groups in total. The molecular weight excluding hydrogens is 367 g/mol. The number of aliphatic carboxylic acids is 1. The van der Waals surface area contributed by atoms with Crippen LogP contribution < -0.4 is 0 Å². The number of carboxylic acids is 1. The molecule has 2 fully saturated rings. The summed E-state index contributed by atoms with van der Waals surface area (Å²) >= 11 is 0. The summed E-state index contributed by atoms with van der Waals surface area (Å²) in [5.41, 5.74) is -0.450. The van der Waals surface area contributed by atoms with Crippen LogP contribution in [-0.4, -0.2) is 66.5 Å². The first-order chi connectivity index (χ1) is 13.3. The molecule has 0 bridgehead atoms. The van der Waals surface area contributed by atoms with Crippen LogP contribution in [0.5, 0.6) is 0 Å². The van der Waals surface area contributed by atoms with Gasteiger partial charge >= 0.3 is 5.97 Å². The van der Waals surface area contributed by atoms with Gasteiger partial charge in [-0.2, -0.15) is 0 Å². The van der Waals surface area contributed by atoms with E-state index in [1.807, 2.05) is 0 Å². The first-order valence-corrected chi connectivity index (χ1v) is 9.31. The number of hydrogen-bond acceptors (Lipinski definition) is 4. The number of carbonyl (C=O) groups excluding carboxylic acids is 2. The predicted octanol–water partition coefficient (Wildman–Crippen LogP) is 1.68. The van der Waals surface area contributed by atoms with Gasteiger partial charge in [0, 0.05) is 33.7 Å². The number of methoxy groups -OCH3 is 1. The van der Waals surface area contributed by atoms with Crippen LogP contribution in [0.2, 0.25) is 0 Å². The van der Waals surface area contributed by atoms with Gasteiger partial charge in [0.15, 0.2) is 0 Å². The van der Waals surface area contributed by atoms with Crippen molar-refractivity contribution >= 4 is 17.8 Å². The van der Waals surface area contributed by atoms with Gasteiger partial charge in [-0.05, 0) is 30.5 Å². The van der Waals surface area contributed by atoms with Gasteiger partial charge < -0.3 is 19.6 Å². The highest BCUT2D eigenvalue weighted by molar-refractivity contribution is 5.90. The highest BCUT2D eigenvalue weighted by Gasteiger charge is 2.48. The molecule has 2 aliphatic rings.